The number of aliphatic hydroxyl groups is 1. The van der Waals surface area contributed by atoms with E-state index in [2.05, 4.69) is 24.6 Å². The third kappa shape index (κ3) is 5.62. The average molecular weight is 366 g/mol. The molecule has 0 spiro atoms. The molecule has 1 aliphatic heterocycles. The lowest BCUT2D eigenvalue weighted by Gasteiger charge is -2.33. The maximum atomic E-state index is 12.6. The number of amides is 3. The van der Waals surface area contributed by atoms with Gasteiger partial charge in [-0.2, -0.15) is 0 Å². The second kappa shape index (κ2) is 8.55. The fourth-order valence-electron chi connectivity index (χ4n) is 2.43. The van der Waals surface area contributed by atoms with Crippen molar-refractivity contribution in [1.82, 2.24) is 9.88 Å². The van der Waals surface area contributed by atoms with Gasteiger partial charge in [0.15, 0.2) is 0 Å². The summed E-state index contributed by atoms with van der Waals surface area (Å²) >= 11 is 0. The van der Waals surface area contributed by atoms with Crippen LogP contribution in [0.25, 0.3) is 0 Å². The van der Waals surface area contributed by atoms with Crippen molar-refractivity contribution in [3.05, 3.63) is 24.0 Å². The van der Waals surface area contributed by atoms with E-state index in [-0.39, 0.29) is 31.7 Å². The molecule has 0 atom stereocenters. The van der Waals surface area contributed by atoms with Crippen molar-refractivity contribution >= 4 is 25.7 Å². The zero-order chi connectivity index (χ0) is 18.4. The molecule has 0 unspecified atom stereocenters. The smallest absolute Gasteiger partial charge is 0.333 e. The van der Waals surface area contributed by atoms with Gasteiger partial charge in [-0.25, -0.2) is 9.69 Å². The normalized spacial score (nSPS) is 15.8. The molecular formula is C17H27N3O4Si. The molecule has 8 heteroatoms. The van der Waals surface area contributed by atoms with Crippen LogP contribution in [-0.2, 0) is 16.0 Å². The third-order valence-electron chi connectivity index (χ3n) is 4.02. The largest absolute Gasteiger partial charge is 0.396 e. The van der Waals surface area contributed by atoms with Crippen LogP contribution in [-0.4, -0.2) is 61.5 Å². The molecule has 1 N–H and O–H groups in total. The van der Waals surface area contributed by atoms with E-state index in [1.54, 1.807) is 23.2 Å². The maximum absolute atomic E-state index is 12.6. The predicted octanol–water partition coefficient (Wildman–Crippen LogP) is 2.09. The van der Waals surface area contributed by atoms with Gasteiger partial charge in [0, 0.05) is 46.4 Å². The van der Waals surface area contributed by atoms with Crippen LogP contribution in [0.1, 0.15) is 12.1 Å². The summed E-state index contributed by atoms with van der Waals surface area (Å²) in [6.45, 7) is 7.68. The number of rotatable bonds is 8. The number of anilines is 1. The van der Waals surface area contributed by atoms with Gasteiger partial charge in [-0.05, 0) is 18.2 Å². The number of hydrogen-bond donors (Lipinski definition) is 1. The third-order valence-corrected chi connectivity index (χ3v) is 5.72. The predicted molar refractivity (Wildman–Crippen MR) is 98.2 cm³/mol. The van der Waals surface area contributed by atoms with Gasteiger partial charge in [0.25, 0.3) is 0 Å². The molecule has 3 amide bonds. The molecule has 0 saturated carbocycles. The first-order valence-electron chi connectivity index (χ1n) is 8.57. The molecule has 1 aromatic rings. The number of hydrogen-bond acceptors (Lipinski definition) is 5. The molecule has 25 heavy (non-hydrogen) atoms. The molecule has 0 radical (unpaired) electrons. The zero-order valence-electron chi connectivity index (χ0n) is 15.2. The van der Waals surface area contributed by atoms with Crippen molar-refractivity contribution in [2.24, 2.45) is 0 Å². The van der Waals surface area contributed by atoms with Gasteiger partial charge in [0.05, 0.1) is 11.9 Å². The van der Waals surface area contributed by atoms with Gasteiger partial charge < -0.3 is 9.84 Å². The van der Waals surface area contributed by atoms with E-state index in [0.29, 0.717) is 25.3 Å². The number of urea groups is 1. The number of imide groups is 1. The van der Waals surface area contributed by atoms with Crippen molar-refractivity contribution in [3.8, 4) is 0 Å². The zero-order valence-corrected chi connectivity index (χ0v) is 16.2. The minimum atomic E-state index is -1.21. The number of nitrogens with zero attached hydrogens (tertiary/aromatic N) is 3. The molecule has 1 fully saturated rings. The van der Waals surface area contributed by atoms with Crippen LogP contribution in [0.4, 0.5) is 10.5 Å². The summed E-state index contributed by atoms with van der Waals surface area (Å²) in [6, 6.07) is 4.18. The number of aliphatic hydroxyl groups excluding tert-OH is 1. The van der Waals surface area contributed by atoms with Crippen LogP contribution in [0.5, 0.6) is 0 Å². The van der Waals surface area contributed by atoms with Gasteiger partial charge in [0.1, 0.15) is 6.73 Å². The number of pyridine rings is 1. The minimum Gasteiger partial charge on any atom is -0.396 e. The van der Waals surface area contributed by atoms with Crippen LogP contribution in [0.3, 0.4) is 0 Å². The number of ether oxygens (including phenoxy) is 1. The first-order valence-corrected chi connectivity index (χ1v) is 12.3. The van der Waals surface area contributed by atoms with E-state index in [9.17, 15) is 9.59 Å². The minimum absolute atomic E-state index is 0.00529. The fourth-order valence-corrected chi connectivity index (χ4v) is 3.19. The van der Waals surface area contributed by atoms with Crippen molar-refractivity contribution in [2.45, 2.75) is 38.5 Å². The topological polar surface area (TPSA) is 83.0 Å². The Balaban J connectivity index is 1.97. The number of aromatic nitrogens is 1. The van der Waals surface area contributed by atoms with Gasteiger partial charge in [-0.1, -0.05) is 19.6 Å². The summed E-state index contributed by atoms with van der Waals surface area (Å²) < 4.78 is 5.57. The quantitative estimate of drug-likeness (QED) is 0.563. The van der Waals surface area contributed by atoms with Crippen molar-refractivity contribution in [2.75, 3.05) is 31.4 Å². The van der Waals surface area contributed by atoms with E-state index in [0.717, 1.165) is 16.6 Å². The lowest BCUT2D eigenvalue weighted by atomic mass is 10.2. The van der Waals surface area contributed by atoms with Crippen molar-refractivity contribution < 1.29 is 19.4 Å². The summed E-state index contributed by atoms with van der Waals surface area (Å²) in [6.07, 6.45) is 2.34. The van der Waals surface area contributed by atoms with Crippen LogP contribution >= 0.6 is 0 Å². The van der Waals surface area contributed by atoms with Crippen molar-refractivity contribution in [3.63, 3.8) is 0 Å². The molecule has 138 valence electrons. The van der Waals surface area contributed by atoms with Gasteiger partial charge in [-0.15, -0.1) is 0 Å². The molecule has 0 bridgehead atoms. The molecule has 7 nitrogen and oxygen atoms in total. The van der Waals surface area contributed by atoms with E-state index in [1.165, 1.54) is 0 Å². The first-order chi connectivity index (χ1) is 11.8. The lowest BCUT2D eigenvalue weighted by molar-refractivity contribution is -0.133. The van der Waals surface area contributed by atoms with Crippen LogP contribution in [0.15, 0.2) is 18.3 Å². The van der Waals surface area contributed by atoms with E-state index >= 15 is 0 Å². The first kappa shape index (κ1) is 19.6. The van der Waals surface area contributed by atoms with Gasteiger partial charge >= 0.3 is 6.03 Å². The molecule has 0 aromatic carbocycles. The van der Waals surface area contributed by atoms with Crippen molar-refractivity contribution in [1.29, 1.82) is 0 Å². The Labute approximate surface area is 149 Å². The Bertz CT molecular complexity index is 601. The molecule has 1 aliphatic rings. The highest BCUT2D eigenvalue weighted by atomic mass is 28.3. The number of carbonyl (C=O) groups excluding carboxylic acids is 2. The summed E-state index contributed by atoms with van der Waals surface area (Å²) in [4.78, 5) is 31.6. The summed E-state index contributed by atoms with van der Waals surface area (Å²) in [7, 11) is -1.21. The fraction of sp³-hybridized carbons (Fsp3) is 0.588. The summed E-state index contributed by atoms with van der Waals surface area (Å²) in [5.74, 6) is -0.209. The van der Waals surface area contributed by atoms with Crippen LogP contribution in [0.2, 0.25) is 25.7 Å². The maximum Gasteiger partial charge on any atom is 0.333 e. The molecule has 0 aliphatic carbocycles. The molecular weight excluding hydrogens is 338 g/mol. The van der Waals surface area contributed by atoms with Crippen LogP contribution in [0, 0.1) is 0 Å². The summed E-state index contributed by atoms with van der Waals surface area (Å²) in [5.41, 5.74) is 1.41. The van der Waals surface area contributed by atoms with Gasteiger partial charge in [0.2, 0.25) is 5.91 Å². The highest BCUT2D eigenvalue weighted by molar-refractivity contribution is 6.76. The SMILES string of the molecule is C[Si](C)(C)CCOCN1C(=O)CCN(c2ccc(CCO)nc2)C1=O. The Morgan fingerprint density at radius 3 is 2.64 bits per heavy atom. The van der Waals surface area contributed by atoms with E-state index in [1.807, 2.05) is 0 Å². The Kier molecular flexibility index (Phi) is 6.69. The highest BCUT2D eigenvalue weighted by Crippen LogP contribution is 2.20. The highest BCUT2D eigenvalue weighted by Gasteiger charge is 2.33. The second-order valence-electron chi connectivity index (χ2n) is 7.34. The molecule has 2 rings (SSSR count). The summed E-state index contributed by atoms with van der Waals surface area (Å²) in [5, 5.41) is 8.94. The van der Waals surface area contributed by atoms with E-state index < -0.39 is 8.07 Å². The van der Waals surface area contributed by atoms with E-state index in [4.69, 9.17) is 9.84 Å². The number of carbonyl (C=O) groups is 2. The van der Waals surface area contributed by atoms with Gasteiger partial charge in [-0.3, -0.25) is 14.7 Å². The van der Waals surface area contributed by atoms with Crippen LogP contribution < -0.4 is 4.90 Å². The molecule has 2 heterocycles. The lowest BCUT2D eigenvalue weighted by Crippen LogP contribution is -2.53. The second-order valence-corrected chi connectivity index (χ2v) is 13.0. The Morgan fingerprint density at radius 1 is 1.28 bits per heavy atom. The monoisotopic (exact) mass is 365 g/mol. The standard InChI is InChI=1S/C17H27N3O4Si/c1-25(2,3)11-10-24-13-20-16(22)6-8-19(17(20)23)15-5-4-14(7-9-21)18-12-15/h4-5,12,21H,6-11,13H2,1-3H3. The average Bonchev–Trinajstić information content (AvgIpc) is 2.54. The Hall–Kier alpha value is -1.77. The molecule has 1 saturated heterocycles. The Morgan fingerprint density at radius 2 is 2.04 bits per heavy atom. The molecule has 1 aromatic heterocycles.